The van der Waals surface area contributed by atoms with E-state index in [4.69, 9.17) is 11.6 Å². The first-order valence-corrected chi connectivity index (χ1v) is 7.02. The summed E-state index contributed by atoms with van der Waals surface area (Å²) in [5, 5.41) is 4.50. The Morgan fingerprint density at radius 3 is 2.94 bits per heavy atom. The van der Waals surface area contributed by atoms with Gasteiger partial charge in [-0.3, -0.25) is 0 Å². The van der Waals surface area contributed by atoms with E-state index in [9.17, 15) is 0 Å². The number of halogens is 2. The zero-order valence-electron chi connectivity index (χ0n) is 9.69. The summed E-state index contributed by atoms with van der Waals surface area (Å²) in [5.41, 5.74) is 2.69. The molecule has 0 saturated heterocycles. The molecule has 0 aliphatic heterocycles. The Kier molecular flexibility index (Phi) is 3.93. The van der Waals surface area contributed by atoms with Crippen molar-refractivity contribution in [2.24, 2.45) is 5.92 Å². The van der Waals surface area contributed by atoms with Gasteiger partial charge in [0, 0.05) is 15.5 Å². The van der Waals surface area contributed by atoms with Crippen molar-refractivity contribution in [3.05, 3.63) is 32.8 Å². The Hall–Kier alpha value is -0.0500. The summed E-state index contributed by atoms with van der Waals surface area (Å²) in [5.74, 6) is 0.623. The first-order valence-electron chi connectivity index (χ1n) is 5.85. The minimum atomic E-state index is 0.417. The summed E-state index contributed by atoms with van der Waals surface area (Å²) in [6.07, 6.45) is 2.27. The fourth-order valence-electron chi connectivity index (χ4n) is 2.48. The van der Waals surface area contributed by atoms with Crippen molar-refractivity contribution in [1.82, 2.24) is 5.32 Å². The number of nitrogens with one attached hydrogen (secondary N) is 1. The minimum Gasteiger partial charge on any atom is -0.310 e. The number of rotatable bonds is 3. The number of hydrogen-bond donors (Lipinski definition) is 1. The molecule has 1 nitrogen and oxygen atoms in total. The van der Waals surface area contributed by atoms with Crippen LogP contribution < -0.4 is 5.32 Å². The molecule has 0 radical (unpaired) electrons. The molecule has 16 heavy (non-hydrogen) atoms. The summed E-state index contributed by atoms with van der Waals surface area (Å²) in [6, 6.07) is 4.46. The van der Waals surface area contributed by atoms with E-state index in [2.05, 4.69) is 41.2 Å². The van der Waals surface area contributed by atoms with Gasteiger partial charge in [-0.05, 0) is 48.6 Å². The SMILES string of the molecule is CCCNC1c2c(Cl)ccc(Br)c2CC1C. The van der Waals surface area contributed by atoms with Gasteiger partial charge >= 0.3 is 0 Å². The maximum atomic E-state index is 6.32. The fourth-order valence-corrected chi connectivity index (χ4v) is 3.28. The zero-order chi connectivity index (χ0) is 11.7. The average molecular weight is 303 g/mol. The van der Waals surface area contributed by atoms with Crippen LogP contribution in [-0.4, -0.2) is 6.54 Å². The molecule has 88 valence electrons. The summed E-state index contributed by atoms with van der Waals surface area (Å²) >= 11 is 9.94. The highest BCUT2D eigenvalue weighted by atomic mass is 79.9. The van der Waals surface area contributed by atoms with E-state index in [0.29, 0.717) is 12.0 Å². The topological polar surface area (TPSA) is 12.0 Å². The molecule has 0 heterocycles. The number of fused-ring (bicyclic) bond motifs is 1. The lowest BCUT2D eigenvalue weighted by molar-refractivity contribution is 0.417. The summed E-state index contributed by atoms with van der Waals surface area (Å²) in [6.45, 7) is 5.53. The largest absolute Gasteiger partial charge is 0.310 e. The monoisotopic (exact) mass is 301 g/mol. The normalized spacial score (nSPS) is 23.5. The van der Waals surface area contributed by atoms with Gasteiger partial charge in [-0.1, -0.05) is 41.4 Å². The summed E-state index contributed by atoms with van der Waals surface area (Å²) in [7, 11) is 0. The lowest BCUT2D eigenvalue weighted by atomic mass is 10.0. The molecule has 2 rings (SSSR count). The standard InChI is InChI=1S/C13H17BrClN/c1-3-6-16-13-8(2)7-9-10(14)4-5-11(15)12(9)13/h4-5,8,13,16H,3,6-7H2,1-2H3. The van der Waals surface area contributed by atoms with Gasteiger partial charge in [0.25, 0.3) is 0 Å². The molecule has 0 bridgehead atoms. The Morgan fingerprint density at radius 2 is 2.25 bits per heavy atom. The van der Waals surface area contributed by atoms with Crippen LogP contribution in [0.15, 0.2) is 16.6 Å². The van der Waals surface area contributed by atoms with Crippen LogP contribution in [0.5, 0.6) is 0 Å². The molecule has 1 aromatic carbocycles. The fraction of sp³-hybridized carbons (Fsp3) is 0.538. The second-order valence-electron chi connectivity index (χ2n) is 4.53. The zero-order valence-corrected chi connectivity index (χ0v) is 12.0. The van der Waals surface area contributed by atoms with E-state index >= 15 is 0 Å². The van der Waals surface area contributed by atoms with Crippen molar-refractivity contribution in [3.8, 4) is 0 Å². The molecule has 3 heteroatoms. The lowest BCUT2D eigenvalue weighted by Gasteiger charge is -2.19. The Labute approximate surface area is 111 Å². The van der Waals surface area contributed by atoms with Crippen LogP contribution in [-0.2, 0) is 6.42 Å². The molecule has 0 amide bonds. The van der Waals surface area contributed by atoms with E-state index in [-0.39, 0.29) is 0 Å². The molecular formula is C13H17BrClN. The van der Waals surface area contributed by atoms with Crippen LogP contribution in [0, 0.1) is 5.92 Å². The van der Waals surface area contributed by atoms with Gasteiger partial charge in [0.1, 0.15) is 0 Å². The molecule has 1 aromatic rings. The van der Waals surface area contributed by atoms with Gasteiger partial charge in [0.15, 0.2) is 0 Å². The van der Waals surface area contributed by atoms with Crippen molar-refractivity contribution in [2.45, 2.75) is 32.7 Å². The van der Waals surface area contributed by atoms with Crippen LogP contribution in [0.4, 0.5) is 0 Å². The number of benzene rings is 1. The highest BCUT2D eigenvalue weighted by molar-refractivity contribution is 9.10. The molecule has 1 N–H and O–H groups in total. The maximum absolute atomic E-state index is 6.32. The smallest absolute Gasteiger partial charge is 0.0457 e. The van der Waals surface area contributed by atoms with E-state index in [1.807, 2.05) is 6.07 Å². The van der Waals surface area contributed by atoms with Crippen LogP contribution in [0.3, 0.4) is 0 Å². The second kappa shape index (κ2) is 5.07. The van der Waals surface area contributed by atoms with Crippen LogP contribution >= 0.6 is 27.5 Å². The van der Waals surface area contributed by atoms with Crippen LogP contribution in [0.2, 0.25) is 5.02 Å². The Balaban J connectivity index is 2.35. The van der Waals surface area contributed by atoms with E-state index in [1.165, 1.54) is 15.6 Å². The molecule has 0 saturated carbocycles. The molecule has 0 fully saturated rings. The van der Waals surface area contributed by atoms with Gasteiger partial charge < -0.3 is 5.32 Å². The van der Waals surface area contributed by atoms with Gasteiger partial charge in [-0.2, -0.15) is 0 Å². The van der Waals surface area contributed by atoms with Crippen molar-refractivity contribution in [3.63, 3.8) is 0 Å². The first-order chi connectivity index (χ1) is 7.65. The second-order valence-corrected chi connectivity index (χ2v) is 5.80. The van der Waals surface area contributed by atoms with Crippen molar-refractivity contribution < 1.29 is 0 Å². The van der Waals surface area contributed by atoms with Crippen LogP contribution in [0.1, 0.15) is 37.4 Å². The van der Waals surface area contributed by atoms with Gasteiger partial charge in [-0.15, -0.1) is 0 Å². The van der Waals surface area contributed by atoms with E-state index in [0.717, 1.165) is 24.4 Å². The predicted molar refractivity (Wildman–Crippen MR) is 73.1 cm³/mol. The van der Waals surface area contributed by atoms with Crippen molar-refractivity contribution >= 4 is 27.5 Å². The molecule has 2 unspecified atom stereocenters. The maximum Gasteiger partial charge on any atom is 0.0457 e. The van der Waals surface area contributed by atoms with E-state index < -0.39 is 0 Å². The number of hydrogen-bond acceptors (Lipinski definition) is 1. The third-order valence-corrected chi connectivity index (χ3v) is 4.34. The molecule has 0 spiro atoms. The molecular weight excluding hydrogens is 286 g/mol. The molecule has 2 atom stereocenters. The molecule has 1 aliphatic rings. The van der Waals surface area contributed by atoms with E-state index in [1.54, 1.807) is 0 Å². The van der Waals surface area contributed by atoms with Gasteiger partial charge in [-0.25, -0.2) is 0 Å². The van der Waals surface area contributed by atoms with Gasteiger partial charge in [0.05, 0.1) is 0 Å². The van der Waals surface area contributed by atoms with Crippen LogP contribution in [0.25, 0.3) is 0 Å². The molecule has 1 aliphatic carbocycles. The highest BCUT2D eigenvalue weighted by Crippen LogP contribution is 2.43. The van der Waals surface area contributed by atoms with Crippen molar-refractivity contribution in [1.29, 1.82) is 0 Å². The third-order valence-electron chi connectivity index (χ3n) is 3.27. The first kappa shape index (κ1) is 12.4. The third kappa shape index (κ3) is 2.15. The summed E-state index contributed by atoms with van der Waals surface area (Å²) < 4.78 is 1.19. The van der Waals surface area contributed by atoms with Gasteiger partial charge in [0.2, 0.25) is 0 Å². The molecule has 0 aromatic heterocycles. The quantitative estimate of drug-likeness (QED) is 0.876. The average Bonchev–Trinajstić information content (AvgIpc) is 2.59. The minimum absolute atomic E-state index is 0.417. The summed E-state index contributed by atoms with van der Waals surface area (Å²) in [4.78, 5) is 0. The Morgan fingerprint density at radius 1 is 1.50 bits per heavy atom. The van der Waals surface area contributed by atoms with Crippen molar-refractivity contribution in [2.75, 3.05) is 6.54 Å². The lowest BCUT2D eigenvalue weighted by Crippen LogP contribution is -2.24. The predicted octanol–water partition coefficient (Wildman–Crippen LogP) is 4.34. The Bertz CT molecular complexity index is 392. The highest BCUT2D eigenvalue weighted by Gasteiger charge is 2.32.